The molecule has 2 rings (SSSR count). The van der Waals surface area contributed by atoms with Gasteiger partial charge in [-0.2, -0.15) is 0 Å². The molecule has 1 heterocycles. The summed E-state index contributed by atoms with van der Waals surface area (Å²) in [5, 5.41) is 3.00. The molecule has 0 bridgehead atoms. The van der Waals surface area contributed by atoms with Gasteiger partial charge in [-0.15, -0.1) is 0 Å². The molecule has 0 aliphatic carbocycles. The maximum Gasteiger partial charge on any atom is 0.250 e. The molecule has 0 aliphatic heterocycles. The largest absolute Gasteiger partial charge is 0.487 e. The number of benzene rings is 1. The average Bonchev–Trinajstić information content (AvgIpc) is 2.47. The van der Waals surface area contributed by atoms with Crippen molar-refractivity contribution in [1.82, 2.24) is 4.98 Å². The fraction of sp³-hybridized carbons (Fsp3) is 0.0769. The summed E-state index contributed by atoms with van der Waals surface area (Å²) in [4.78, 5) is 17.7. The van der Waals surface area contributed by atoms with Gasteiger partial charge in [0.1, 0.15) is 12.4 Å². The molecule has 0 spiro atoms. The van der Waals surface area contributed by atoms with Gasteiger partial charge < -0.3 is 4.74 Å². The average molecular weight is 254 g/mol. The molecule has 94 valence electrons. The van der Waals surface area contributed by atoms with E-state index in [1.807, 2.05) is 30.3 Å². The van der Waals surface area contributed by atoms with Crippen molar-refractivity contribution >= 4 is 5.91 Å². The lowest BCUT2D eigenvalue weighted by atomic mass is 10.2. The Hall–Kier alpha value is -2.85. The molecule has 1 amide bonds. The molecule has 0 fully saturated rings. The van der Waals surface area contributed by atoms with E-state index in [0.29, 0.717) is 12.4 Å². The quantitative estimate of drug-likeness (QED) is 0.477. The number of carbonyl (C=O) groups excluding carboxylic acids is 1. The standard InChI is InChI=1S/C13H10N4O2/c14-17-16-13(18)11-6-12(8-15-7-11)19-9-10-4-2-1-3-5-10/h1-8H,9H2. The second-order valence-corrected chi connectivity index (χ2v) is 3.68. The van der Waals surface area contributed by atoms with Gasteiger partial charge in [0.05, 0.1) is 6.20 Å². The summed E-state index contributed by atoms with van der Waals surface area (Å²) in [6.45, 7) is 0.377. The van der Waals surface area contributed by atoms with Crippen LogP contribution in [-0.2, 0) is 6.61 Å². The molecule has 0 saturated heterocycles. The zero-order valence-electron chi connectivity index (χ0n) is 9.93. The van der Waals surface area contributed by atoms with E-state index in [2.05, 4.69) is 15.0 Å². The van der Waals surface area contributed by atoms with Crippen LogP contribution in [0, 0.1) is 0 Å². The number of ether oxygens (including phenoxy) is 1. The third-order valence-electron chi connectivity index (χ3n) is 2.34. The molecule has 19 heavy (non-hydrogen) atoms. The molecule has 0 aliphatic rings. The van der Waals surface area contributed by atoms with Crippen LogP contribution in [0.2, 0.25) is 0 Å². The maximum atomic E-state index is 11.4. The van der Waals surface area contributed by atoms with Gasteiger partial charge in [-0.05, 0) is 22.3 Å². The summed E-state index contributed by atoms with van der Waals surface area (Å²) >= 11 is 0. The number of hydrogen-bond acceptors (Lipinski definition) is 3. The first-order valence-corrected chi connectivity index (χ1v) is 5.51. The predicted octanol–water partition coefficient (Wildman–Crippen LogP) is 3.11. The first-order valence-electron chi connectivity index (χ1n) is 5.51. The highest BCUT2D eigenvalue weighted by atomic mass is 16.5. The monoisotopic (exact) mass is 254 g/mol. The van der Waals surface area contributed by atoms with Crippen molar-refractivity contribution < 1.29 is 9.53 Å². The number of azide groups is 1. The summed E-state index contributed by atoms with van der Waals surface area (Å²) in [6, 6.07) is 11.1. The molecule has 0 saturated carbocycles. The first kappa shape index (κ1) is 12.6. The summed E-state index contributed by atoms with van der Waals surface area (Å²) in [5.41, 5.74) is 9.41. The predicted molar refractivity (Wildman–Crippen MR) is 68.5 cm³/mol. The van der Waals surface area contributed by atoms with Crippen LogP contribution >= 0.6 is 0 Å². The van der Waals surface area contributed by atoms with Crippen LogP contribution in [0.5, 0.6) is 5.75 Å². The normalized spacial score (nSPS) is 9.47. The second-order valence-electron chi connectivity index (χ2n) is 3.68. The maximum absolute atomic E-state index is 11.4. The minimum absolute atomic E-state index is 0.198. The Kier molecular flexibility index (Phi) is 4.10. The number of rotatable bonds is 4. The summed E-state index contributed by atoms with van der Waals surface area (Å²) in [6.07, 6.45) is 2.82. The Morgan fingerprint density at radius 1 is 1.32 bits per heavy atom. The van der Waals surface area contributed by atoms with Crippen LogP contribution in [0.4, 0.5) is 0 Å². The molecule has 6 heteroatoms. The van der Waals surface area contributed by atoms with Gasteiger partial charge >= 0.3 is 0 Å². The Balaban J connectivity index is 2.07. The van der Waals surface area contributed by atoms with E-state index >= 15 is 0 Å². The Bertz CT molecular complexity index is 622. The molecule has 1 aromatic heterocycles. The van der Waals surface area contributed by atoms with Crippen LogP contribution in [0.25, 0.3) is 10.4 Å². The van der Waals surface area contributed by atoms with Crippen molar-refractivity contribution in [3.63, 3.8) is 0 Å². The van der Waals surface area contributed by atoms with E-state index in [1.54, 1.807) is 0 Å². The highest BCUT2D eigenvalue weighted by Crippen LogP contribution is 2.14. The van der Waals surface area contributed by atoms with E-state index in [1.165, 1.54) is 18.5 Å². The fourth-order valence-corrected chi connectivity index (χ4v) is 1.45. The van der Waals surface area contributed by atoms with Crippen LogP contribution in [0.3, 0.4) is 0 Å². The lowest BCUT2D eigenvalue weighted by molar-refractivity contribution is 0.0999. The minimum atomic E-state index is -0.680. The van der Waals surface area contributed by atoms with E-state index in [0.717, 1.165) is 5.56 Å². The number of hydrogen-bond donors (Lipinski definition) is 0. The number of carbonyl (C=O) groups is 1. The Labute approximate surface area is 109 Å². The van der Waals surface area contributed by atoms with Gasteiger partial charge in [0.15, 0.2) is 0 Å². The highest BCUT2D eigenvalue weighted by molar-refractivity contribution is 5.94. The van der Waals surface area contributed by atoms with Crippen molar-refractivity contribution in [2.45, 2.75) is 6.61 Å². The van der Waals surface area contributed by atoms with Crippen LogP contribution in [-0.4, -0.2) is 10.9 Å². The smallest absolute Gasteiger partial charge is 0.250 e. The molecule has 0 radical (unpaired) electrons. The molecule has 0 unspecified atom stereocenters. The zero-order chi connectivity index (χ0) is 13.5. The molecule has 0 atom stereocenters. The van der Waals surface area contributed by atoms with E-state index in [9.17, 15) is 4.79 Å². The first-order chi connectivity index (χ1) is 9.29. The van der Waals surface area contributed by atoms with Crippen LogP contribution < -0.4 is 4.74 Å². The summed E-state index contributed by atoms with van der Waals surface area (Å²) < 4.78 is 5.51. The molecule has 6 nitrogen and oxygen atoms in total. The molecular weight excluding hydrogens is 244 g/mol. The molecule has 0 N–H and O–H groups in total. The van der Waals surface area contributed by atoms with Crippen LogP contribution in [0.1, 0.15) is 15.9 Å². The van der Waals surface area contributed by atoms with Gasteiger partial charge in [0.2, 0.25) is 0 Å². The van der Waals surface area contributed by atoms with Gasteiger partial charge in [-0.25, -0.2) is 0 Å². The van der Waals surface area contributed by atoms with E-state index in [4.69, 9.17) is 10.3 Å². The minimum Gasteiger partial charge on any atom is -0.487 e. The number of amides is 1. The van der Waals surface area contributed by atoms with Crippen molar-refractivity contribution in [2.24, 2.45) is 5.11 Å². The fourth-order valence-electron chi connectivity index (χ4n) is 1.45. The third-order valence-corrected chi connectivity index (χ3v) is 2.34. The van der Waals surface area contributed by atoms with Crippen molar-refractivity contribution in [1.29, 1.82) is 0 Å². The number of pyridine rings is 1. The van der Waals surface area contributed by atoms with Crippen molar-refractivity contribution in [2.75, 3.05) is 0 Å². The molecule has 2 aromatic rings. The Morgan fingerprint density at radius 3 is 2.84 bits per heavy atom. The van der Waals surface area contributed by atoms with Gasteiger partial charge in [-0.3, -0.25) is 9.78 Å². The van der Waals surface area contributed by atoms with Crippen molar-refractivity contribution in [3.8, 4) is 5.75 Å². The molecule has 1 aromatic carbocycles. The van der Waals surface area contributed by atoms with E-state index < -0.39 is 5.91 Å². The van der Waals surface area contributed by atoms with Gasteiger partial charge in [0, 0.05) is 16.7 Å². The highest BCUT2D eigenvalue weighted by Gasteiger charge is 2.05. The number of nitrogens with zero attached hydrogens (tertiary/aromatic N) is 4. The summed E-state index contributed by atoms with van der Waals surface area (Å²) in [5.74, 6) is -0.233. The second kappa shape index (κ2) is 6.18. The third kappa shape index (κ3) is 3.55. The summed E-state index contributed by atoms with van der Waals surface area (Å²) in [7, 11) is 0. The lowest BCUT2D eigenvalue weighted by Gasteiger charge is -2.06. The van der Waals surface area contributed by atoms with Crippen LogP contribution in [0.15, 0.2) is 53.9 Å². The van der Waals surface area contributed by atoms with E-state index in [-0.39, 0.29) is 5.56 Å². The topological polar surface area (TPSA) is 88.0 Å². The lowest BCUT2D eigenvalue weighted by Crippen LogP contribution is -1.99. The SMILES string of the molecule is [N-]=[N+]=NC(=O)c1cncc(OCc2ccccc2)c1. The molecular formula is C13H10N4O2. The number of aromatic nitrogens is 1. The van der Waals surface area contributed by atoms with Gasteiger partial charge in [-0.1, -0.05) is 30.3 Å². The van der Waals surface area contributed by atoms with Crippen molar-refractivity contribution in [3.05, 3.63) is 70.4 Å². The zero-order valence-corrected chi connectivity index (χ0v) is 9.93. The van der Waals surface area contributed by atoms with Gasteiger partial charge in [0.25, 0.3) is 5.91 Å². The Morgan fingerprint density at radius 2 is 2.11 bits per heavy atom.